The molecule has 3 aromatic carbocycles. The maximum absolute atomic E-state index is 5.98. The number of nitrogens with zero attached hydrogens (tertiary/aromatic N) is 2. The summed E-state index contributed by atoms with van der Waals surface area (Å²) in [5.41, 5.74) is 9.05. The number of hydrogen-bond acceptors (Lipinski definition) is 3. The summed E-state index contributed by atoms with van der Waals surface area (Å²) in [5.74, 6) is 0.585. The van der Waals surface area contributed by atoms with Crippen LogP contribution in [-0.2, 0) is 0 Å². The number of benzene rings is 3. The number of pyridine rings is 2. The Labute approximate surface area is 158 Å². The van der Waals surface area contributed by atoms with E-state index < -0.39 is 0 Å². The molecule has 0 saturated heterocycles. The Morgan fingerprint density at radius 1 is 0.630 bits per heavy atom. The summed E-state index contributed by atoms with van der Waals surface area (Å²) in [7, 11) is 0. The van der Waals surface area contributed by atoms with Gasteiger partial charge in [0.25, 0.3) is 0 Å². The van der Waals surface area contributed by atoms with Gasteiger partial charge in [0, 0.05) is 22.5 Å². The highest BCUT2D eigenvalue weighted by Gasteiger charge is 2.04. The van der Waals surface area contributed by atoms with Crippen molar-refractivity contribution >= 4 is 27.5 Å². The summed E-state index contributed by atoms with van der Waals surface area (Å²) >= 11 is 0. The van der Waals surface area contributed by atoms with E-state index in [-0.39, 0.29) is 0 Å². The largest absolute Gasteiger partial charge is 0.383 e. The molecule has 0 unspecified atom stereocenters. The molecule has 2 N–H and O–H groups in total. The molecule has 0 bridgehead atoms. The fourth-order valence-electron chi connectivity index (χ4n) is 3.00. The van der Waals surface area contributed by atoms with Gasteiger partial charge >= 0.3 is 0 Å². The van der Waals surface area contributed by atoms with Crippen LogP contribution >= 0.6 is 0 Å². The molecule has 0 saturated carbocycles. The monoisotopic (exact) mass is 349 g/mol. The van der Waals surface area contributed by atoms with Gasteiger partial charge in [-0.2, -0.15) is 0 Å². The summed E-state index contributed by atoms with van der Waals surface area (Å²) in [6, 6.07) is 32.3. The van der Waals surface area contributed by atoms with Crippen LogP contribution in [0.1, 0.15) is 0 Å². The number of nitrogen functional groups attached to an aromatic ring is 1. The molecule has 0 aliphatic carbocycles. The van der Waals surface area contributed by atoms with Gasteiger partial charge in [-0.15, -0.1) is 0 Å². The van der Waals surface area contributed by atoms with Crippen LogP contribution in [0.3, 0.4) is 0 Å². The van der Waals surface area contributed by atoms with Crippen LogP contribution < -0.4 is 5.73 Å². The molecule has 3 heteroatoms. The van der Waals surface area contributed by atoms with Crippen molar-refractivity contribution in [1.82, 2.24) is 9.97 Å². The lowest BCUT2D eigenvalue weighted by Crippen LogP contribution is -1.94. The number of aromatic nitrogens is 2. The Morgan fingerprint density at radius 2 is 1.30 bits per heavy atom. The second kappa shape index (κ2) is 7.67. The Bertz CT molecular complexity index is 1120. The van der Waals surface area contributed by atoms with Gasteiger partial charge in [0.2, 0.25) is 0 Å². The molecule has 5 rings (SSSR count). The first-order valence-electron chi connectivity index (χ1n) is 8.82. The quantitative estimate of drug-likeness (QED) is 0.421. The highest BCUT2D eigenvalue weighted by Crippen LogP contribution is 2.25. The second-order valence-corrected chi connectivity index (χ2v) is 6.18. The van der Waals surface area contributed by atoms with E-state index in [9.17, 15) is 0 Å². The molecule has 2 aromatic heterocycles. The summed E-state index contributed by atoms with van der Waals surface area (Å²) in [5, 5.41) is 3.33. The molecule has 130 valence electrons. The summed E-state index contributed by atoms with van der Waals surface area (Å²) in [6.45, 7) is 0. The van der Waals surface area contributed by atoms with E-state index in [1.54, 1.807) is 0 Å². The molecule has 27 heavy (non-hydrogen) atoms. The zero-order valence-electron chi connectivity index (χ0n) is 14.8. The molecule has 0 radical (unpaired) electrons. The molecule has 0 fully saturated rings. The zero-order chi connectivity index (χ0) is 18.5. The maximum atomic E-state index is 5.98. The SMILES string of the molecule is Nc1nc(-c2ccccc2)cc2ccccc12.c1ccc2ncccc2c1. The minimum Gasteiger partial charge on any atom is -0.383 e. The normalized spacial score (nSPS) is 10.4. The summed E-state index contributed by atoms with van der Waals surface area (Å²) in [4.78, 5) is 8.63. The minimum atomic E-state index is 0.585. The van der Waals surface area contributed by atoms with Crippen LogP contribution in [0.25, 0.3) is 32.9 Å². The molecule has 0 amide bonds. The summed E-state index contributed by atoms with van der Waals surface area (Å²) in [6.07, 6.45) is 1.81. The van der Waals surface area contributed by atoms with Crippen LogP contribution in [0, 0.1) is 0 Å². The Kier molecular flexibility index (Phi) is 4.75. The van der Waals surface area contributed by atoms with Gasteiger partial charge in [0.15, 0.2) is 0 Å². The zero-order valence-corrected chi connectivity index (χ0v) is 14.8. The van der Waals surface area contributed by atoms with Crippen molar-refractivity contribution in [3.63, 3.8) is 0 Å². The lowest BCUT2D eigenvalue weighted by molar-refractivity contribution is 1.36. The highest BCUT2D eigenvalue weighted by molar-refractivity contribution is 5.93. The number of nitrogens with two attached hydrogens (primary N) is 1. The van der Waals surface area contributed by atoms with Gasteiger partial charge in [0.05, 0.1) is 11.2 Å². The fourth-order valence-corrected chi connectivity index (χ4v) is 3.00. The predicted octanol–water partition coefficient (Wildman–Crippen LogP) is 5.72. The second-order valence-electron chi connectivity index (χ2n) is 6.18. The van der Waals surface area contributed by atoms with Gasteiger partial charge in [0.1, 0.15) is 5.82 Å². The molecule has 3 nitrogen and oxygen atoms in total. The molecule has 0 spiro atoms. The van der Waals surface area contributed by atoms with E-state index in [1.807, 2.05) is 79.0 Å². The summed E-state index contributed by atoms with van der Waals surface area (Å²) < 4.78 is 0. The van der Waals surface area contributed by atoms with Crippen LogP contribution in [0.5, 0.6) is 0 Å². The Morgan fingerprint density at radius 3 is 2.11 bits per heavy atom. The van der Waals surface area contributed by atoms with Gasteiger partial charge in [-0.3, -0.25) is 4.98 Å². The molecular weight excluding hydrogens is 330 g/mol. The van der Waals surface area contributed by atoms with E-state index in [0.29, 0.717) is 5.82 Å². The standard InChI is InChI=1S/C15H12N2.C9H7N/c16-15-13-9-5-4-8-12(13)10-14(17-15)11-6-2-1-3-7-11;1-2-6-9-8(4-1)5-3-7-10-9/h1-10H,(H2,16,17);1-7H. The third-order valence-electron chi connectivity index (χ3n) is 4.35. The molecule has 2 heterocycles. The molecule has 5 aromatic rings. The van der Waals surface area contributed by atoms with Crippen LogP contribution in [0.15, 0.2) is 103 Å². The van der Waals surface area contributed by atoms with Crippen molar-refractivity contribution in [2.45, 2.75) is 0 Å². The maximum Gasteiger partial charge on any atom is 0.131 e. The lowest BCUT2D eigenvalue weighted by Gasteiger charge is -2.06. The number of fused-ring (bicyclic) bond motifs is 2. The number of anilines is 1. The smallest absolute Gasteiger partial charge is 0.131 e. The number of hydrogen-bond donors (Lipinski definition) is 1. The average molecular weight is 349 g/mol. The van der Waals surface area contributed by atoms with E-state index in [2.05, 4.69) is 34.2 Å². The third kappa shape index (κ3) is 3.77. The van der Waals surface area contributed by atoms with Gasteiger partial charge in [-0.1, -0.05) is 78.9 Å². The number of para-hydroxylation sites is 1. The first kappa shape index (κ1) is 16.7. The van der Waals surface area contributed by atoms with E-state index in [1.165, 1.54) is 5.39 Å². The van der Waals surface area contributed by atoms with Crippen molar-refractivity contribution < 1.29 is 0 Å². The van der Waals surface area contributed by atoms with Crippen molar-refractivity contribution in [3.05, 3.63) is 103 Å². The van der Waals surface area contributed by atoms with Crippen molar-refractivity contribution in [2.75, 3.05) is 5.73 Å². The number of rotatable bonds is 1. The lowest BCUT2D eigenvalue weighted by atomic mass is 10.1. The molecule has 0 atom stereocenters. The van der Waals surface area contributed by atoms with Gasteiger partial charge in [-0.25, -0.2) is 4.98 Å². The van der Waals surface area contributed by atoms with Gasteiger partial charge < -0.3 is 5.73 Å². The topological polar surface area (TPSA) is 51.8 Å². The molecular formula is C24H19N3. The van der Waals surface area contributed by atoms with E-state index >= 15 is 0 Å². The highest BCUT2D eigenvalue weighted by atomic mass is 14.8. The van der Waals surface area contributed by atoms with Crippen LogP contribution in [0.4, 0.5) is 5.82 Å². The van der Waals surface area contributed by atoms with Crippen LogP contribution in [0.2, 0.25) is 0 Å². The Hall–Kier alpha value is -3.72. The van der Waals surface area contributed by atoms with Crippen molar-refractivity contribution in [2.24, 2.45) is 0 Å². The van der Waals surface area contributed by atoms with Crippen molar-refractivity contribution in [1.29, 1.82) is 0 Å². The average Bonchev–Trinajstić information content (AvgIpc) is 2.75. The molecule has 0 aliphatic rings. The molecule has 0 aliphatic heterocycles. The Balaban J connectivity index is 0.000000153. The minimum absolute atomic E-state index is 0.585. The fraction of sp³-hybridized carbons (Fsp3) is 0. The van der Waals surface area contributed by atoms with E-state index in [0.717, 1.165) is 27.5 Å². The first-order valence-corrected chi connectivity index (χ1v) is 8.82. The van der Waals surface area contributed by atoms with Crippen LogP contribution in [-0.4, -0.2) is 9.97 Å². The van der Waals surface area contributed by atoms with E-state index in [4.69, 9.17) is 5.73 Å². The predicted molar refractivity (Wildman–Crippen MR) is 113 cm³/mol. The third-order valence-corrected chi connectivity index (χ3v) is 4.35. The first-order chi connectivity index (χ1) is 13.3. The van der Waals surface area contributed by atoms with Gasteiger partial charge in [-0.05, 0) is 23.6 Å². The van der Waals surface area contributed by atoms with Crippen molar-refractivity contribution in [3.8, 4) is 11.3 Å².